The third-order valence-electron chi connectivity index (χ3n) is 2.68. The number of carbonyl (C=O) groups excluding carboxylic acids is 2. The van der Waals surface area contributed by atoms with Crippen molar-refractivity contribution in [3.63, 3.8) is 0 Å². The van der Waals surface area contributed by atoms with Crippen LogP contribution in [0.15, 0.2) is 24.3 Å². The van der Waals surface area contributed by atoms with Gasteiger partial charge < -0.3 is 20.5 Å². The van der Waals surface area contributed by atoms with Gasteiger partial charge in [0.2, 0.25) is 0 Å². The minimum Gasteiger partial charge on any atom is -0.484 e. The van der Waals surface area contributed by atoms with Crippen LogP contribution >= 0.6 is 0 Å². The first-order valence-electron chi connectivity index (χ1n) is 7.36. The van der Waals surface area contributed by atoms with Crippen molar-refractivity contribution in [3.8, 4) is 5.75 Å². The Bertz CT molecular complexity index is 489. The number of amides is 2. The summed E-state index contributed by atoms with van der Waals surface area (Å²) < 4.78 is 10.6. The van der Waals surface area contributed by atoms with Gasteiger partial charge in [-0.15, -0.1) is 0 Å². The maximum Gasteiger partial charge on any atom is 0.255 e. The van der Waals surface area contributed by atoms with E-state index in [1.165, 1.54) is 0 Å². The molecule has 122 valence electrons. The largest absolute Gasteiger partial charge is 0.484 e. The first kappa shape index (κ1) is 18.0. The molecule has 0 heterocycles. The zero-order valence-electron chi connectivity index (χ0n) is 13.1. The van der Waals surface area contributed by atoms with E-state index >= 15 is 0 Å². The molecule has 2 amide bonds. The highest BCUT2D eigenvalue weighted by Gasteiger charge is 2.06. The molecule has 3 N–H and O–H groups in total. The lowest BCUT2D eigenvalue weighted by Crippen LogP contribution is -2.25. The van der Waals surface area contributed by atoms with Crippen LogP contribution in [0.1, 0.15) is 30.6 Å². The average molecular weight is 308 g/mol. The molecule has 6 nitrogen and oxygen atoms in total. The lowest BCUT2D eigenvalue weighted by atomic mass is 10.2. The molecule has 0 spiro atoms. The molecule has 0 aliphatic rings. The fraction of sp³-hybridized carbons (Fsp3) is 0.500. The number of carbonyl (C=O) groups is 2. The van der Waals surface area contributed by atoms with E-state index in [2.05, 4.69) is 19.2 Å². The predicted molar refractivity (Wildman–Crippen MR) is 83.7 cm³/mol. The number of hydrogen-bond acceptors (Lipinski definition) is 4. The predicted octanol–water partition coefficient (Wildman–Crippen LogP) is 1.34. The van der Waals surface area contributed by atoms with Gasteiger partial charge in [-0.1, -0.05) is 19.9 Å². The summed E-state index contributed by atoms with van der Waals surface area (Å²) in [5.74, 6) is 0.203. The molecule has 1 aromatic rings. The van der Waals surface area contributed by atoms with E-state index in [0.717, 1.165) is 13.0 Å². The summed E-state index contributed by atoms with van der Waals surface area (Å²) in [6.07, 6.45) is 0.760. The zero-order valence-corrected chi connectivity index (χ0v) is 13.1. The number of ether oxygens (including phenoxy) is 2. The molecule has 0 bridgehead atoms. The fourth-order valence-electron chi connectivity index (χ4n) is 1.68. The van der Waals surface area contributed by atoms with Crippen molar-refractivity contribution < 1.29 is 19.1 Å². The van der Waals surface area contributed by atoms with Crippen LogP contribution in [0.4, 0.5) is 0 Å². The monoisotopic (exact) mass is 308 g/mol. The van der Waals surface area contributed by atoms with Gasteiger partial charge in [-0.3, -0.25) is 9.59 Å². The molecule has 0 saturated heterocycles. The normalized spacial score (nSPS) is 10.5. The molecule has 0 unspecified atom stereocenters. The number of benzene rings is 1. The van der Waals surface area contributed by atoms with Crippen LogP contribution < -0.4 is 15.8 Å². The van der Waals surface area contributed by atoms with Gasteiger partial charge >= 0.3 is 0 Å². The van der Waals surface area contributed by atoms with Gasteiger partial charge in [0.25, 0.3) is 11.8 Å². The summed E-state index contributed by atoms with van der Waals surface area (Å²) in [4.78, 5) is 22.6. The standard InChI is InChI=1S/C16H24N2O4/c1-12(2)10-21-8-4-7-18-16(20)13-5-3-6-14(9-13)22-11-15(17)19/h3,5-6,9,12H,4,7-8,10-11H2,1-2H3,(H2,17,19)(H,18,20). The molecule has 0 atom stereocenters. The Morgan fingerprint density at radius 2 is 2.09 bits per heavy atom. The highest BCUT2D eigenvalue weighted by Crippen LogP contribution is 2.13. The number of hydrogen-bond donors (Lipinski definition) is 2. The van der Waals surface area contributed by atoms with E-state index in [9.17, 15) is 9.59 Å². The second-order valence-corrected chi connectivity index (χ2v) is 5.36. The van der Waals surface area contributed by atoms with Crippen molar-refractivity contribution >= 4 is 11.8 Å². The molecular formula is C16H24N2O4. The van der Waals surface area contributed by atoms with Crippen molar-refractivity contribution in [3.05, 3.63) is 29.8 Å². The number of rotatable bonds is 10. The molecule has 0 fully saturated rings. The summed E-state index contributed by atoms with van der Waals surface area (Å²) in [6, 6.07) is 6.62. The smallest absolute Gasteiger partial charge is 0.255 e. The fourth-order valence-corrected chi connectivity index (χ4v) is 1.68. The number of nitrogens with one attached hydrogen (secondary N) is 1. The Hall–Kier alpha value is -2.08. The van der Waals surface area contributed by atoms with Crippen molar-refractivity contribution in [2.75, 3.05) is 26.4 Å². The topological polar surface area (TPSA) is 90.7 Å². The lowest BCUT2D eigenvalue weighted by molar-refractivity contribution is -0.119. The first-order chi connectivity index (χ1) is 10.5. The van der Waals surface area contributed by atoms with E-state index in [4.69, 9.17) is 15.2 Å². The molecule has 1 aromatic carbocycles. The quantitative estimate of drug-likeness (QED) is 0.638. The maximum atomic E-state index is 12.0. The highest BCUT2D eigenvalue weighted by molar-refractivity contribution is 5.94. The molecule has 0 aromatic heterocycles. The van der Waals surface area contributed by atoms with Crippen LogP contribution in [0.5, 0.6) is 5.75 Å². The van der Waals surface area contributed by atoms with Crippen LogP contribution in [0.2, 0.25) is 0 Å². The Morgan fingerprint density at radius 1 is 1.32 bits per heavy atom. The van der Waals surface area contributed by atoms with Crippen LogP contribution in [-0.4, -0.2) is 38.2 Å². The highest BCUT2D eigenvalue weighted by atomic mass is 16.5. The van der Waals surface area contributed by atoms with Gasteiger partial charge in [0, 0.05) is 25.3 Å². The molecule has 1 rings (SSSR count). The third kappa shape index (κ3) is 7.64. The third-order valence-corrected chi connectivity index (χ3v) is 2.68. The van der Waals surface area contributed by atoms with E-state index in [0.29, 0.717) is 30.4 Å². The van der Waals surface area contributed by atoms with Crippen LogP contribution in [-0.2, 0) is 9.53 Å². The second kappa shape index (κ2) is 9.78. The van der Waals surface area contributed by atoms with Crippen molar-refractivity contribution in [2.45, 2.75) is 20.3 Å². The van der Waals surface area contributed by atoms with Gasteiger partial charge in [-0.05, 0) is 30.5 Å². The number of primary amides is 1. The van der Waals surface area contributed by atoms with Crippen molar-refractivity contribution in [1.82, 2.24) is 5.32 Å². The first-order valence-corrected chi connectivity index (χ1v) is 7.36. The van der Waals surface area contributed by atoms with Gasteiger partial charge in [0.05, 0.1) is 0 Å². The maximum absolute atomic E-state index is 12.0. The Kier molecular flexibility index (Phi) is 7.99. The summed E-state index contributed by atoms with van der Waals surface area (Å²) in [6.45, 7) is 5.87. The second-order valence-electron chi connectivity index (χ2n) is 5.36. The Labute approximate surface area is 131 Å². The molecule has 0 aliphatic heterocycles. The van der Waals surface area contributed by atoms with E-state index in [1.54, 1.807) is 24.3 Å². The molecule has 0 radical (unpaired) electrons. The average Bonchev–Trinajstić information content (AvgIpc) is 2.48. The van der Waals surface area contributed by atoms with Crippen molar-refractivity contribution in [1.29, 1.82) is 0 Å². The number of nitrogens with two attached hydrogens (primary N) is 1. The molecule has 6 heteroatoms. The minimum absolute atomic E-state index is 0.187. The summed E-state index contributed by atoms with van der Waals surface area (Å²) in [5, 5.41) is 2.81. The van der Waals surface area contributed by atoms with Gasteiger partial charge in [-0.25, -0.2) is 0 Å². The minimum atomic E-state index is -0.559. The van der Waals surface area contributed by atoms with E-state index in [1.807, 2.05) is 0 Å². The van der Waals surface area contributed by atoms with Crippen LogP contribution in [0.3, 0.4) is 0 Å². The van der Waals surface area contributed by atoms with Crippen molar-refractivity contribution in [2.24, 2.45) is 11.7 Å². The summed E-state index contributed by atoms with van der Waals surface area (Å²) in [7, 11) is 0. The van der Waals surface area contributed by atoms with Gasteiger partial charge in [0.1, 0.15) is 5.75 Å². The van der Waals surface area contributed by atoms with Crippen LogP contribution in [0.25, 0.3) is 0 Å². The van der Waals surface area contributed by atoms with E-state index in [-0.39, 0.29) is 12.5 Å². The molecule has 0 aliphatic carbocycles. The zero-order chi connectivity index (χ0) is 16.4. The van der Waals surface area contributed by atoms with E-state index < -0.39 is 5.91 Å². The Morgan fingerprint density at radius 3 is 2.77 bits per heavy atom. The molecular weight excluding hydrogens is 284 g/mol. The summed E-state index contributed by atoms with van der Waals surface area (Å²) >= 11 is 0. The SMILES string of the molecule is CC(C)COCCCNC(=O)c1cccc(OCC(N)=O)c1. The summed E-state index contributed by atoms with van der Waals surface area (Å²) in [5.41, 5.74) is 5.48. The van der Waals surface area contributed by atoms with Gasteiger partial charge in [0.15, 0.2) is 6.61 Å². The van der Waals surface area contributed by atoms with Crippen LogP contribution in [0, 0.1) is 5.92 Å². The van der Waals surface area contributed by atoms with Gasteiger partial charge in [-0.2, -0.15) is 0 Å². The molecule has 22 heavy (non-hydrogen) atoms. The Balaban J connectivity index is 2.32. The lowest BCUT2D eigenvalue weighted by Gasteiger charge is -2.09. The molecule has 0 saturated carbocycles.